The Balaban J connectivity index is 1.92. The molecule has 0 bridgehead atoms. The summed E-state index contributed by atoms with van der Waals surface area (Å²) < 4.78 is 55.0. The normalized spacial score (nSPS) is 11.1. The van der Waals surface area contributed by atoms with Crippen LogP contribution in [0.4, 0.5) is 37.5 Å². The molecular formula is C21H20ClF2N7O2S. The van der Waals surface area contributed by atoms with Crippen LogP contribution in [0, 0.1) is 18.2 Å². The van der Waals surface area contributed by atoms with Crippen LogP contribution in [0.1, 0.15) is 0 Å². The zero-order valence-corrected chi connectivity index (χ0v) is 19.7. The summed E-state index contributed by atoms with van der Waals surface area (Å²) in [6, 6.07) is 6.83. The van der Waals surface area contributed by atoms with Gasteiger partial charge in [-0.1, -0.05) is 17.7 Å². The number of halogens is 3. The number of anilines is 4. The molecule has 3 N–H and O–H groups in total. The third-order valence-corrected chi connectivity index (χ3v) is 6.30. The minimum Gasteiger partial charge on any atom is -0.373 e. The van der Waals surface area contributed by atoms with E-state index in [0.717, 1.165) is 24.5 Å². The van der Waals surface area contributed by atoms with E-state index in [-0.39, 0.29) is 10.7 Å². The van der Waals surface area contributed by atoms with E-state index in [0.29, 0.717) is 30.2 Å². The number of aromatic nitrogens is 2. The second kappa shape index (κ2) is 10.6. The molecule has 34 heavy (non-hydrogen) atoms. The first-order chi connectivity index (χ1) is 16.1. The minimum absolute atomic E-state index is 0.0696. The van der Waals surface area contributed by atoms with E-state index >= 15 is 0 Å². The maximum Gasteiger partial charge on any atom is 0.267 e. The second-order valence-electron chi connectivity index (χ2n) is 7.06. The van der Waals surface area contributed by atoms with Crippen LogP contribution in [0.2, 0.25) is 5.02 Å². The lowest BCUT2D eigenvalue weighted by atomic mass is 10.2. The van der Waals surface area contributed by atoms with Crippen molar-refractivity contribution in [3.63, 3.8) is 0 Å². The summed E-state index contributed by atoms with van der Waals surface area (Å²) in [4.78, 5) is 11.6. The number of benzene rings is 2. The van der Waals surface area contributed by atoms with Crippen LogP contribution in [-0.4, -0.2) is 45.6 Å². The summed E-state index contributed by atoms with van der Waals surface area (Å²) in [5.74, 6) is -2.26. The van der Waals surface area contributed by atoms with Crippen molar-refractivity contribution >= 4 is 50.3 Å². The maximum absolute atomic E-state index is 14.9. The summed E-state index contributed by atoms with van der Waals surface area (Å²) in [6.07, 6.45) is 1.54. The van der Waals surface area contributed by atoms with E-state index < -0.39 is 32.5 Å². The molecule has 0 fully saturated rings. The lowest BCUT2D eigenvalue weighted by molar-refractivity contribution is 0.570. The number of hydrogen-bond donors (Lipinski definition) is 3. The lowest BCUT2D eigenvalue weighted by Crippen LogP contribution is -2.27. The van der Waals surface area contributed by atoms with Gasteiger partial charge < -0.3 is 15.5 Å². The molecule has 0 aliphatic heterocycles. The summed E-state index contributed by atoms with van der Waals surface area (Å²) in [5.41, 5.74) is 1.76. The Hall–Kier alpha value is -3.53. The predicted octanol–water partition coefficient (Wildman–Crippen LogP) is 4.16. The van der Waals surface area contributed by atoms with E-state index in [1.807, 2.05) is 23.7 Å². The van der Waals surface area contributed by atoms with E-state index in [1.54, 1.807) is 18.2 Å². The number of nitrogens with zero attached hydrogens (tertiary/aromatic N) is 4. The molecule has 0 aliphatic carbocycles. The number of sulfonamides is 1. The van der Waals surface area contributed by atoms with Crippen molar-refractivity contribution in [3.05, 3.63) is 70.8 Å². The van der Waals surface area contributed by atoms with Gasteiger partial charge in [-0.25, -0.2) is 36.7 Å². The first-order valence-corrected chi connectivity index (χ1v) is 11.6. The molecule has 0 atom stereocenters. The molecule has 9 nitrogen and oxygen atoms in total. The lowest BCUT2D eigenvalue weighted by Gasteiger charge is -2.24. The SMILES string of the molecule is [C-]#[N+]c1ccc(Nc2cc(F)c(S(=O)(=O)Nc3ncc(F)cn3)cc2Cl)c(N(C)CCNC)c1. The Morgan fingerprint density at radius 1 is 1.15 bits per heavy atom. The highest BCUT2D eigenvalue weighted by atomic mass is 35.5. The molecular weight excluding hydrogens is 488 g/mol. The van der Waals surface area contributed by atoms with Gasteiger partial charge in [-0.2, -0.15) is 0 Å². The fourth-order valence-corrected chi connectivity index (χ4v) is 4.25. The monoisotopic (exact) mass is 507 g/mol. The van der Waals surface area contributed by atoms with E-state index in [2.05, 4.69) is 25.4 Å². The molecule has 0 radical (unpaired) electrons. The topological polar surface area (TPSA) is 104 Å². The second-order valence-corrected chi connectivity index (χ2v) is 9.11. The zero-order chi connectivity index (χ0) is 24.9. The molecule has 1 heterocycles. The molecule has 0 saturated carbocycles. The summed E-state index contributed by atoms with van der Waals surface area (Å²) in [5, 5.41) is 5.98. The van der Waals surface area contributed by atoms with Crippen LogP contribution in [0.5, 0.6) is 0 Å². The Morgan fingerprint density at radius 3 is 2.50 bits per heavy atom. The fourth-order valence-electron chi connectivity index (χ4n) is 2.93. The van der Waals surface area contributed by atoms with Gasteiger partial charge in [-0.15, -0.1) is 0 Å². The molecule has 0 saturated heterocycles. The van der Waals surface area contributed by atoms with E-state index in [1.165, 1.54) is 0 Å². The Morgan fingerprint density at radius 2 is 1.85 bits per heavy atom. The van der Waals surface area contributed by atoms with E-state index in [9.17, 15) is 17.2 Å². The zero-order valence-electron chi connectivity index (χ0n) is 18.1. The fraction of sp³-hybridized carbons (Fsp3) is 0.190. The number of rotatable bonds is 9. The van der Waals surface area contributed by atoms with E-state index in [4.69, 9.17) is 18.2 Å². The van der Waals surface area contributed by atoms with Crippen molar-refractivity contribution in [3.8, 4) is 0 Å². The molecule has 0 amide bonds. The van der Waals surface area contributed by atoms with Crippen molar-refractivity contribution in [2.24, 2.45) is 0 Å². The highest BCUT2D eigenvalue weighted by Crippen LogP contribution is 2.36. The molecule has 2 aromatic carbocycles. The van der Waals surface area contributed by atoms with Gasteiger partial charge in [-0.05, 0) is 25.2 Å². The number of likely N-dealkylation sites (N-methyl/N-ethyl adjacent to an activating group) is 2. The van der Waals surface area contributed by atoms with Crippen molar-refractivity contribution in [2.45, 2.75) is 4.90 Å². The summed E-state index contributed by atoms with van der Waals surface area (Å²) in [6.45, 7) is 8.57. The van der Waals surface area contributed by atoms with Crippen molar-refractivity contribution < 1.29 is 17.2 Å². The average Bonchev–Trinajstić information content (AvgIpc) is 2.81. The van der Waals surface area contributed by atoms with Crippen molar-refractivity contribution in [2.75, 3.05) is 42.1 Å². The third-order valence-electron chi connectivity index (χ3n) is 4.65. The van der Waals surface area contributed by atoms with Gasteiger partial charge in [0.05, 0.1) is 35.4 Å². The van der Waals surface area contributed by atoms with Crippen molar-refractivity contribution in [1.29, 1.82) is 0 Å². The molecule has 0 aliphatic rings. The maximum atomic E-state index is 14.9. The van der Waals surface area contributed by atoms with Crippen LogP contribution in [0.15, 0.2) is 47.6 Å². The molecule has 178 valence electrons. The quantitative estimate of drug-likeness (QED) is 0.374. The van der Waals surface area contributed by atoms with Crippen LogP contribution in [0.25, 0.3) is 4.85 Å². The number of nitrogens with one attached hydrogen (secondary N) is 3. The Kier molecular flexibility index (Phi) is 7.83. The van der Waals surface area contributed by atoms with Crippen LogP contribution < -0.4 is 20.3 Å². The third kappa shape index (κ3) is 5.88. The summed E-state index contributed by atoms with van der Waals surface area (Å²) in [7, 11) is -0.786. The molecule has 3 rings (SSSR count). The minimum atomic E-state index is -4.44. The highest BCUT2D eigenvalue weighted by molar-refractivity contribution is 7.92. The standard InChI is InChI=1S/C21H20ClF2N7O2S/c1-25-6-7-31(3)19-8-14(26-2)4-5-17(19)29-18-10-16(24)20(9-15(18)22)34(32,33)30-21-27-11-13(23)12-28-21/h4-5,8-12,25,29H,6-7H2,1,3H3,(H,27,28,30). The van der Waals surface area contributed by atoms with Gasteiger partial charge in [0, 0.05) is 31.9 Å². The Bertz CT molecular complexity index is 1330. The van der Waals surface area contributed by atoms with Gasteiger partial charge >= 0.3 is 0 Å². The first kappa shape index (κ1) is 25.1. The molecule has 0 spiro atoms. The first-order valence-electron chi connectivity index (χ1n) is 9.78. The predicted molar refractivity (Wildman–Crippen MR) is 127 cm³/mol. The Labute approximate surface area is 200 Å². The van der Waals surface area contributed by atoms with Crippen LogP contribution in [0.3, 0.4) is 0 Å². The molecule has 13 heteroatoms. The molecule has 3 aromatic rings. The van der Waals surface area contributed by atoms with Crippen LogP contribution in [-0.2, 0) is 10.0 Å². The largest absolute Gasteiger partial charge is 0.373 e. The molecule has 0 unspecified atom stereocenters. The summed E-state index contributed by atoms with van der Waals surface area (Å²) >= 11 is 6.28. The van der Waals surface area contributed by atoms with Gasteiger partial charge in [-0.3, -0.25) is 0 Å². The average molecular weight is 508 g/mol. The van der Waals surface area contributed by atoms with Gasteiger partial charge in [0.1, 0.15) is 10.7 Å². The molecule has 1 aromatic heterocycles. The highest BCUT2D eigenvalue weighted by Gasteiger charge is 2.23. The van der Waals surface area contributed by atoms with Gasteiger partial charge in [0.25, 0.3) is 10.0 Å². The number of hydrogen-bond acceptors (Lipinski definition) is 7. The van der Waals surface area contributed by atoms with Gasteiger partial charge in [0.15, 0.2) is 11.5 Å². The van der Waals surface area contributed by atoms with Crippen molar-refractivity contribution in [1.82, 2.24) is 15.3 Å². The van der Waals surface area contributed by atoms with Crippen LogP contribution >= 0.6 is 11.6 Å². The van der Waals surface area contributed by atoms with Gasteiger partial charge in [0.2, 0.25) is 5.95 Å². The smallest absolute Gasteiger partial charge is 0.267 e.